The zero-order valence-corrected chi connectivity index (χ0v) is 20.3. The maximum atomic E-state index is 4.77. The number of aryl methyl sites for hydroxylation is 1. The highest BCUT2D eigenvalue weighted by Crippen LogP contribution is 2.22. The molecule has 33 heavy (non-hydrogen) atoms. The summed E-state index contributed by atoms with van der Waals surface area (Å²) in [4.78, 5) is 13.9. The van der Waals surface area contributed by atoms with Crippen LogP contribution in [0.4, 0.5) is 5.82 Å². The SMILES string of the molecule is CN=C(NCc1cc(N(C)C)nc2ccccc12)NC1CCN(Cc2ccccc2C)CC1. The molecule has 0 aliphatic carbocycles. The quantitative estimate of drug-likeness (QED) is 0.446. The highest BCUT2D eigenvalue weighted by atomic mass is 15.2. The molecule has 0 unspecified atom stereocenters. The Labute approximate surface area is 197 Å². The van der Waals surface area contributed by atoms with Gasteiger partial charge in [-0.05, 0) is 48.6 Å². The van der Waals surface area contributed by atoms with E-state index in [9.17, 15) is 0 Å². The summed E-state index contributed by atoms with van der Waals surface area (Å²) in [7, 11) is 5.90. The topological polar surface area (TPSA) is 55.8 Å². The van der Waals surface area contributed by atoms with Gasteiger partial charge in [0.15, 0.2) is 5.96 Å². The van der Waals surface area contributed by atoms with Gasteiger partial charge in [0.2, 0.25) is 0 Å². The van der Waals surface area contributed by atoms with Crippen molar-refractivity contribution in [2.24, 2.45) is 4.99 Å². The molecule has 0 amide bonds. The van der Waals surface area contributed by atoms with Crippen molar-refractivity contribution in [3.05, 3.63) is 71.3 Å². The summed E-state index contributed by atoms with van der Waals surface area (Å²) in [6.07, 6.45) is 2.24. The first-order chi connectivity index (χ1) is 16.0. The van der Waals surface area contributed by atoms with E-state index < -0.39 is 0 Å². The zero-order valence-electron chi connectivity index (χ0n) is 20.3. The zero-order chi connectivity index (χ0) is 23.2. The van der Waals surface area contributed by atoms with Crippen LogP contribution in [0.15, 0.2) is 59.6 Å². The van der Waals surface area contributed by atoms with Crippen LogP contribution in [0.2, 0.25) is 0 Å². The number of rotatable bonds is 6. The molecule has 1 aliphatic rings. The van der Waals surface area contributed by atoms with Gasteiger partial charge in [0.05, 0.1) is 5.52 Å². The van der Waals surface area contributed by atoms with E-state index in [4.69, 9.17) is 4.98 Å². The number of hydrogen-bond acceptors (Lipinski definition) is 4. The largest absolute Gasteiger partial charge is 0.363 e. The minimum Gasteiger partial charge on any atom is -0.363 e. The second-order valence-corrected chi connectivity index (χ2v) is 9.10. The molecule has 4 rings (SSSR count). The maximum absolute atomic E-state index is 4.77. The average molecular weight is 445 g/mol. The Balaban J connectivity index is 1.33. The summed E-state index contributed by atoms with van der Waals surface area (Å²) < 4.78 is 0. The Morgan fingerprint density at radius 2 is 1.79 bits per heavy atom. The van der Waals surface area contributed by atoms with E-state index in [0.29, 0.717) is 12.6 Å². The maximum Gasteiger partial charge on any atom is 0.191 e. The molecule has 0 atom stereocenters. The van der Waals surface area contributed by atoms with Crippen LogP contribution in [0.3, 0.4) is 0 Å². The molecule has 0 radical (unpaired) electrons. The van der Waals surface area contributed by atoms with Gasteiger partial charge in [-0.15, -0.1) is 0 Å². The summed E-state index contributed by atoms with van der Waals surface area (Å²) in [5, 5.41) is 8.35. The van der Waals surface area contributed by atoms with E-state index in [2.05, 4.69) is 76.0 Å². The first kappa shape index (κ1) is 23.1. The molecule has 1 aromatic heterocycles. The molecule has 1 fully saturated rings. The Morgan fingerprint density at radius 3 is 2.52 bits per heavy atom. The van der Waals surface area contributed by atoms with Crippen molar-refractivity contribution in [1.82, 2.24) is 20.5 Å². The van der Waals surface area contributed by atoms with Gasteiger partial charge < -0.3 is 15.5 Å². The van der Waals surface area contributed by atoms with E-state index in [-0.39, 0.29) is 0 Å². The van der Waals surface area contributed by atoms with Crippen molar-refractivity contribution in [3.8, 4) is 0 Å². The van der Waals surface area contributed by atoms with E-state index >= 15 is 0 Å². The number of piperidine rings is 1. The molecule has 2 N–H and O–H groups in total. The summed E-state index contributed by atoms with van der Waals surface area (Å²) in [5.74, 6) is 1.83. The van der Waals surface area contributed by atoms with Gasteiger partial charge in [0.1, 0.15) is 5.82 Å². The molecule has 2 aromatic carbocycles. The Bertz CT molecular complexity index is 1100. The monoisotopic (exact) mass is 444 g/mol. The van der Waals surface area contributed by atoms with E-state index in [1.54, 1.807) is 0 Å². The van der Waals surface area contributed by atoms with Crippen molar-refractivity contribution >= 4 is 22.7 Å². The second kappa shape index (κ2) is 10.7. The number of likely N-dealkylation sites (tertiary alicyclic amines) is 1. The normalized spacial score (nSPS) is 15.6. The third kappa shape index (κ3) is 5.82. The number of nitrogens with one attached hydrogen (secondary N) is 2. The number of nitrogens with zero attached hydrogens (tertiary/aromatic N) is 4. The van der Waals surface area contributed by atoms with Gasteiger partial charge >= 0.3 is 0 Å². The Morgan fingerprint density at radius 1 is 1.06 bits per heavy atom. The van der Waals surface area contributed by atoms with Crippen LogP contribution < -0.4 is 15.5 Å². The average Bonchev–Trinajstić information content (AvgIpc) is 2.83. The first-order valence-corrected chi connectivity index (χ1v) is 11.8. The smallest absolute Gasteiger partial charge is 0.191 e. The molecule has 3 aromatic rings. The van der Waals surface area contributed by atoms with Crippen molar-refractivity contribution in [3.63, 3.8) is 0 Å². The lowest BCUT2D eigenvalue weighted by Crippen LogP contribution is -2.48. The highest BCUT2D eigenvalue weighted by Gasteiger charge is 2.20. The number of benzene rings is 2. The van der Waals surface area contributed by atoms with Crippen LogP contribution in [0.5, 0.6) is 0 Å². The Kier molecular flexibility index (Phi) is 7.45. The van der Waals surface area contributed by atoms with Crippen molar-refractivity contribution in [2.45, 2.75) is 38.9 Å². The minimum absolute atomic E-state index is 0.441. The fourth-order valence-electron chi connectivity index (χ4n) is 4.44. The van der Waals surface area contributed by atoms with Gasteiger partial charge in [-0.25, -0.2) is 4.98 Å². The van der Waals surface area contributed by atoms with Gasteiger partial charge in [-0.2, -0.15) is 0 Å². The number of hydrogen-bond donors (Lipinski definition) is 2. The first-order valence-electron chi connectivity index (χ1n) is 11.8. The summed E-state index contributed by atoms with van der Waals surface area (Å²) in [6, 6.07) is 19.6. The summed E-state index contributed by atoms with van der Waals surface area (Å²) >= 11 is 0. The van der Waals surface area contributed by atoms with E-state index in [0.717, 1.165) is 49.8 Å². The molecule has 6 nitrogen and oxygen atoms in total. The minimum atomic E-state index is 0.441. The molecule has 1 saturated heterocycles. The summed E-state index contributed by atoms with van der Waals surface area (Å²) in [5.41, 5.74) is 5.05. The molecule has 0 spiro atoms. The number of para-hydroxylation sites is 1. The summed E-state index contributed by atoms with van der Waals surface area (Å²) in [6.45, 7) is 6.15. The van der Waals surface area contributed by atoms with Gasteiger partial charge in [0, 0.05) is 58.8 Å². The molecule has 174 valence electrons. The van der Waals surface area contributed by atoms with Crippen LogP contribution in [-0.4, -0.2) is 56.1 Å². The van der Waals surface area contributed by atoms with Crippen LogP contribution in [0.25, 0.3) is 10.9 Å². The van der Waals surface area contributed by atoms with Crippen LogP contribution in [0.1, 0.15) is 29.5 Å². The third-order valence-corrected chi connectivity index (χ3v) is 6.50. The lowest BCUT2D eigenvalue weighted by atomic mass is 10.0. The fourth-order valence-corrected chi connectivity index (χ4v) is 4.44. The van der Waals surface area contributed by atoms with E-state index in [1.165, 1.54) is 22.1 Å². The molecule has 2 heterocycles. The molecule has 0 saturated carbocycles. The molecular formula is C27H36N6. The highest BCUT2D eigenvalue weighted by molar-refractivity contribution is 5.85. The molecule has 1 aliphatic heterocycles. The fraction of sp³-hybridized carbons (Fsp3) is 0.407. The number of aliphatic imine (C=N–C) groups is 1. The standard InChI is InChI=1S/C27H36N6/c1-20-9-5-6-10-21(20)19-33-15-13-23(14-16-33)30-27(28-2)29-18-22-17-26(32(3)4)31-25-12-8-7-11-24(22)25/h5-12,17,23H,13-16,18-19H2,1-4H3,(H2,28,29,30). The molecular weight excluding hydrogens is 408 g/mol. The van der Waals surface area contributed by atoms with Crippen molar-refractivity contribution in [2.75, 3.05) is 39.1 Å². The van der Waals surface area contributed by atoms with Gasteiger partial charge in [0.25, 0.3) is 0 Å². The number of pyridine rings is 1. The van der Waals surface area contributed by atoms with Crippen molar-refractivity contribution in [1.29, 1.82) is 0 Å². The number of fused-ring (bicyclic) bond motifs is 1. The second-order valence-electron chi connectivity index (χ2n) is 9.10. The van der Waals surface area contributed by atoms with Crippen molar-refractivity contribution < 1.29 is 0 Å². The van der Waals surface area contributed by atoms with Gasteiger partial charge in [-0.3, -0.25) is 9.89 Å². The van der Waals surface area contributed by atoms with Gasteiger partial charge in [-0.1, -0.05) is 42.5 Å². The number of anilines is 1. The number of aromatic nitrogens is 1. The lowest BCUT2D eigenvalue weighted by Gasteiger charge is -2.33. The van der Waals surface area contributed by atoms with Crippen LogP contribution in [0, 0.1) is 6.92 Å². The van der Waals surface area contributed by atoms with Crippen LogP contribution in [-0.2, 0) is 13.1 Å². The number of guanidine groups is 1. The molecule has 0 bridgehead atoms. The van der Waals surface area contributed by atoms with E-state index in [1.807, 2.05) is 32.1 Å². The predicted octanol–water partition coefficient (Wildman–Crippen LogP) is 3.94. The third-order valence-electron chi connectivity index (χ3n) is 6.50. The molecule has 6 heteroatoms. The lowest BCUT2D eigenvalue weighted by molar-refractivity contribution is 0.198. The predicted molar refractivity (Wildman–Crippen MR) is 139 cm³/mol. The van der Waals surface area contributed by atoms with Crippen LogP contribution >= 0.6 is 0 Å². The Hall–Kier alpha value is -3.12.